The van der Waals surface area contributed by atoms with Crippen molar-refractivity contribution in [2.75, 3.05) is 38.1 Å². The van der Waals surface area contributed by atoms with E-state index in [-0.39, 0.29) is 5.41 Å². The van der Waals surface area contributed by atoms with E-state index in [2.05, 4.69) is 61.9 Å². The summed E-state index contributed by atoms with van der Waals surface area (Å²) in [6.45, 7) is 11.5. The Bertz CT molecular complexity index is 601. The van der Waals surface area contributed by atoms with Crippen LogP contribution in [0.25, 0.3) is 10.1 Å². The molecule has 2 heterocycles. The second-order valence-corrected chi connectivity index (χ2v) is 7.94. The molecule has 2 aromatic rings. The van der Waals surface area contributed by atoms with E-state index < -0.39 is 0 Å². The summed E-state index contributed by atoms with van der Waals surface area (Å²) < 4.78 is 1.41. The fourth-order valence-corrected chi connectivity index (χ4v) is 3.77. The molecule has 0 aliphatic carbocycles. The van der Waals surface area contributed by atoms with Crippen molar-refractivity contribution < 1.29 is 0 Å². The minimum atomic E-state index is 0.226. The molecular weight excluding hydrogens is 264 g/mol. The molecule has 0 spiro atoms. The third-order valence-corrected chi connectivity index (χ3v) is 5.36. The van der Waals surface area contributed by atoms with Crippen LogP contribution < -0.4 is 4.90 Å². The number of hydrogen-bond acceptors (Lipinski definition) is 3. The Morgan fingerprint density at radius 2 is 1.70 bits per heavy atom. The number of fused-ring (bicyclic) bond motifs is 1. The van der Waals surface area contributed by atoms with Gasteiger partial charge in [-0.3, -0.25) is 0 Å². The first-order valence-electron chi connectivity index (χ1n) is 7.41. The number of thiophene rings is 1. The number of benzene rings is 1. The average Bonchev–Trinajstić information content (AvgIpc) is 2.81. The quantitative estimate of drug-likeness (QED) is 0.784. The summed E-state index contributed by atoms with van der Waals surface area (Å²) in [4.78, 5) is 4.93. The smallest absolute Gasteiger partial charge is 0.0921 e. The van der Waals surface area contributed by atoms with E-state index in [1.165, 1.54) is 33.7 Å². The number of hydrogen-bond donors (Lipinski definition) is 0. The molecule has 0 unspecified atom stereocenters. The van der Waals surface area contributed by atoms with Crippen molar-refractivity contribution in [2.24, 2.45) is 0 Å². The standard InChI is InChI=1S/C17H24N2S/c1-17(2,3)14-5-6-15-13(11-14)12-16(20-15)19-9-7-18(4)8-10-19/h5-6,11-12H,7-10H2,1-4H3. The van der Waals surface area contributed by atoms with Crippen molar-refractivity contribution in [3.63, 3.8) is 0 Å². The van der Waals surface area contributed by atoms with Crippen molar-refractivity contribution in [1.82, 2.24) is 4.90 Å². The Hall–Kier alpha value is -1.06. The fourth-order valence-electron chi connectivity index (χ4n) is 2.68. The second kappa shape index (κ2) is 5.05. The van der Waals surface area contributed by atoms with Crippen LogP contribution in [-0.4, -0.2) is 38.1 Å². The molecule has 1 aliphatic rings. The minimum absolute atomic E-state index is 0.226. The van der Waals surface area contributed by atoms with Crippen LogP contribution >= 0.6 is 11.3 Å². The Kier molecular flexibility index (Phi) is 3.51. The molecule has 0 bridgehead atoms. The number of likely N-dealkylation sites (N-methyl/N-ethyl adjacent to an activating group) is 1. The summed E-state index contributed by atoms with van der Waals surface area (Å²) in [5, 5.41) is 2.83. The van der Waals surface area contributed by atoms with E-state index in [1.807, 2.05) is 11.3 Å². The SMILES string of the molecule is CN1CCN(c2cc3cc(C(C)(C)C)ccc3s2)CC1. The van der Waals surface area contributed by atoms with Crippen molar-refractivity contribution >= 4 is 26.4 Å². The van der Waals surface area contributed by atoms with E-state index in [0.717, 1.165) is 13.1 Å². The molecule has 2 nitrogen and oxygen atoms in total. The zero-order valence-electron chi connectivity index (χ0n) is 12.9. The highest BCUT2D eigenvalue weighted by molar-refractivity contribution is 7.22. The third-order valence-electron chi connectivity index (χ3n) is 4.18. The normalized spacial score (nSPS) is 17.9. The average molecular weight is 288 g/mol. The van der Waals surface area contributed by atoms with Gasteiger partial charge in [0.25, 0.3) is 0 Å². The lowest BCUT2D eigenvalue weighted by molar-refractivity contribution is 0.313. The molecule has 1 aromatic carbocycles. The molecule has 0 saturated carbocycles. The van der Waals surface area contributed by atoms with Gasteiger partial charge in [0.05, 0.1) is 5.00 Å². The zero-order valence-corrected chi connectivity index (χ0v) is 13.8. The van der Waals surface area contributed by atoms with E-state index in [0.29, 0.717) is 0 Å². The van der Waals surface area contributed by atoms with Gasteiger partial charge in [0.2, 0.25) is 0 Å². The van der Waals surface area contributed by atoms with Gasteiger partial charge in [0, 0.05) is 30.9 Å². The van der Waals surface area contributed by atoms with Crippen LogP contribution in [0.2, 0.25) is 0 Å². The van der Waals surface area contributed by atoms with Gasteiger partial charge in [0.15, 0.2) is 0 Å². The van der Waals surface area contributed by atoms with E-state index in [4.69, 9.17) is 0 Å². The number of rotatable bonds is 1. The summed E-state index contributed by atoms with van der Waals surface area (Å²) in [6.07, 6.45) is 0. The van der Waals surface area contributed by atoms with Crippen molar-refractivity contribution in [1.29, 1.82) is 0 Å². The van der Waals surface area contributed by atoms with Crippen molar-refractivity contribution in [2.45, 2.75) is 26.2 Å². The van der Waals surface area contributed by atoms with E-state index >= 15 is 0 Å². The molecule has 0 amide bonds. The number of anilines is 1. The summed E-state index contributed by atoms with van der Waals surface area (Å²) >= 11 is 1.93. The van der Waals surface area contributed by atoms with Crippen LogP contribution in [0.15, 0.2) is 24.3 Å². The zero-order chi connectivity index (χ0) is 14.3. The van der Waals surface area contributed by atoms with Crippen molar-refractivity contribution in [3.05, 3.63) is 29.8 Å². The first kappa shape index (κ1) is 13.9. The van der Waals surface area contributed by atoms with Gasteiger partial charge in [-0.05, 0) is 41.6 Å². The Balaban J connectivity index is 1.91. The molecule has 1 fully saturated rings. The summed E-state index contributed by atoms with van der Waals surface area (Å²) in [6, 6.07) is 9.32. The van der Waals surface area contributed by atoms with Crippen LogP contribution in [0.1, 0.15) is 26.3 Å². The number of nitrogens with zero attached hydrogens (tertiary/aromatic N) is 2. The Morgan fingerprint density at radius 3 is 2.35 bits per heavy atom. The lowest BCUT2D eigenvalue weighted by Crippen LogP contribution is -2.44. The maximum absolute atomic E-state index is 2.53. The minimum Gasteiger partial charge on any atom is -0.361 e. The molecule has 1 saturated heterocycles. The molecule has 1 aliphatic heterocycles. The van der Waals surface area contributed by atoms with Gasteiger partial charge >= 0.3 is 0 Å². The highest BCUT2D eigenvalue weighted by atomic mass is 32.1. The van der Waals surface area contributed by atoms with Crippen LogP contribution in [-0.2, 0) is 5.41 Å². The summed E-state index contributed by atoms with van der Waals surface area (Å²) in [5.41, 5.74) is 1.65. The topological polar surface area (TPSA) is 6.48 Å². The Labute approximate surface area is 126 Å². The lowest BCUT2D eigenvalue weighted by atomic mass is 9.87. The molecule has 3 rings (SSSR count). The third kappa shape index (κ3) is 2.70. The lowest BCUT2D eigenvalue weighted by Gasteiger charge is -2.32. The maximum Gasteiger partial charge on any atom is 0.0921 e. The first-order valence-corrected chi connectivity index (χ1v) is 8.23. The maximum atomic E-state index is 2.53. The summed E-state index contributed by atoms with van der Waals surface area (Å²) in [5.74, 6) is 0. The summed E-state index contributed by atoms with van der Waals surface area (Å²) in [7, 11) is 2.21. The number of piperazine rings is 1. The molecular formula is C17H24N2S. The molecule has 1 aromatic heterocycles. The van der Waals surface area contributed by atoms with Gasteiger partial charge in [-0.15, -0.1) is 11.3 Å². The van der Waals surface area contributed by atoms with Crippen LogP contribution in [0.3, 0.4) is 0 Å². The van der Waals surface area contributed by atoms with Gasteiger partial charge < -0.3 is 9.80 Å². The van der Waals surface area contributed by atoms with Crippen LogP contribution in [0, 0.1) is 0 Å². The molecule has 3 heteroatoms. The molecule has 0 radical (unpaired) electrons. The predicted molar refractivity (Wildman–Crippen MR) is 90.2 cm³/mol. The monoisotopic (exact) mass is 288 g/mol. The largest absolute Gasteiger partial charge is 0.361 e. The first-order chi connectivity index (χ1) is 9.43. The molecule has 0 atom stereocenters. The van der Waals surface area contributed by atoms with Crippen molar-refractivity contribution in [3.8, 4) is 0 Å². The highest BCUT2D eigenvalue weighted by Crippen LogP contribution is 2.35. The van der Waals surface area contributed by atoms with Crippen LogP contribution in [0.4, 0.5) is 5.00 Å². The Morgan fingerprint density at radius 1 is 1.00 bits per heavy atom. The van der Waals surface area contributed by atoms with E-state index in [9.17, 15) is 0 Å². The highest BCUT2D eigenvalue weighted by Gasteiger charge is 2.18. The molecule has 0 N–H and O–H groups in total. The van der Waals surface area contributed by atoms with Gasteiger partial charge in [-0.1, -0.05) is 26.8 Å². The van der Waals surface area contributed by atoms with E-state index in [1.54, 1.807) is 0 Å². The van der Waals surface area contributed by atoms with Crippen LogP contribution in [0.5, 0.6) is 0 Å². The second-order valence-electron chi connectivity index (χ2n) is 6.88. The molecule has 108 valence electrons. The molecule has 20 heavy (non-hydrogen) atoms. The fraction of sp³-hybridized carbons (Fsp3) is 0.529. The van der Waals surface area contributed by atoms with Gasteiger partial charge in [-0.2, -0.15) is 0 Å². The van der Waals surface area contributed by atoms with Gasteiger partial charge in [0.1, 0.15) is 0 Å². The van der Waals surface area contributed by atoms with Gasteiger partial charge in [-0.25, -0.2) is 0 Å². The predicted octanol–water partition coefficient (Wildman–Crippen LogP) is 3.95.